The molecular weight excluding hydrogens is 480 g/mol. The number of benzene rings is 1. The molecule has 0 unspecified atom stereocenters. The monoisotopic (exact) mass is 518 g/mol. The molecule has 5 fully saturated rings. The molecule has 1 amide bonds. The highest BCUT2D eigenvalue weighted by Crippen LogP contribution is 2.60. The van der Waals surface area contributed by atoms with Gasteiger partial charge in [0.2, 0.25) is 0 Å². The van der Waals surface area contributed by atoms with Crippen LogP contribution in [0.5, 0.6) is 5.75 Å². The molecule has 1 heterocycles. The summed E-state index contributed by atoms with van der Waals surface area (Å²) < 4.78 is 5.82. The van der Waals surface area contributed by atoms with Crippen molar-refractivity contribution in [3.05, 3.63) is 29.8 Å². The number of carbonyl (C=O) groups is 3. The molecule has 6 rings (SSSR count). The molecular formula is C27H38N2O8. The van der Waals surface area contributed by atoms with Crippen LogP contribution in [-0.4, -0.2) is 90.1 Å². The van der Waals surface area contributed by atoms with E-state index >= 15 is 0 Å². The topological polar surface area (TPSA) is 152 Å². The number of rotatable bonds is 7. The van der Waals surface area contributed by atoms with Gasteiger partial charge >= 0.3 is 5.97 Å². The number of hydrogen-bond acceptors (Lipinski definition) is 7. The first-order valence-corrected chi connectivity index (χ1v) is 13.2. The minimum atomic E-state index is -2.38. The number of likely N-dealkylation sites (N-methyl/N-ethyl adjacent to an activating group) is 1. The first kappa shape index (κ1) is 27.3. The number of carboxylic acids is 2. The Morgan fingerprint density at radius 2 is 1.51 bits per heavy atom. The highest BCUT2D eigenvalue weighted by Gasteiger charge is 2.51. The van der Waals surface area contributed by atoms with Gasteiger partial charge in [0.05, 0.1) is 39.2 Å². The molecule has 1 saturated heterocycles. The molecule has 4 aliphatic carbocycles. The summed E-state index contributed by atoms with van der Waals surface area (Å²) in [6, 6.07) is 8.75. The van der Waals surface area contributed by atoms with Crippen molar-refractivity contribution < 1.29 is 44.4 Å². The van der Waals surface area contributed by atoms with Crippen LogP contribution in [0.2, 0.25) is 0 Å². The number of carboxylic acid groups (broad SMARTS) is 2. The number of nitrogens with zero attached hydrogens (tertiary/aromatic N) is 1. The van der Waals surface area contributed by atoms with Gasteiger partial charge in [0.15, 0.2) is 12.7 Å². The standard InChI is InChI=1S/C23H32N2O2.C4H6O6/c1-24-6-8-25(9-7-24)22(26)16-27-21-4-2-20(3-5-21)23-13-17-10-18(14-23)12-19(11-17)15-23;5-1(3(7)8)2(6)4(9)10/h2-5,17-19H,6-16H2,1H3;1-2,5-6H,(H,7,8)(H,9,10)/t;1-,2-/m.1/s1. The Hall–Kier alpha value is -2.69. The number of aliphatic carboxylic acids is 2. The van der Waals surface area contributed by atoms with E-state index in [-0.39, 0.29) is 12.5 Å². The molecule has 1 aromatic rings. The Labute approximate surface area is 216 Å². The minimum absolute atomic E-state index is 0.118. The zero-order valence-corrected chi connectivity index (χ0v) is 21.3. The average Bonchev–Trinajstić information content (AvgIpc) is 2.86. The Bertz CT molecular complexity index is 920. The second-order valence-electron chi connectivity index (χ2n) is 11.4. The number of aliphatic hydroxyl groups excluding tert-OH is 2. The van der Waals surface area contributed by atoms with Gasteiger partial charge in [-0.25, -0.2) is 4.79 Å². The van der Waals surface area contributed by atoms with Gasteiger partial charge in [0, 0.05) is 0 Å². The van der Waals surface area contributed by atoms with Crippen LogP contribution < -0.4 is 14.7 Å². The number of amides is 1. The summed E-state index contributed by atoms with van der Waals surface area (Å²) in [5.74, 6) is 0.0245. The van der Waals surface area contributed by atoms with E-state index in [9.17, 15) is 19.5 Å². The smallest absolute Gasteiger partial charge is 0.335 e. The number of hydrogen-bond donors (Lipinski definition) is 4. The van der Waals surface area contributed by atoms with Gasteiger partial charge in [0.1, 0.15) is 11.9 Å². The largest absolute Gasteiger partial charge is 0.547 e. The summed E-state index contributed by atoms with van der Waals surface area (Å²) in [5, 5.41) is 34.1. The highest BCUT2D eigenvalue weighted by atomic mass is 16.5. The SMILES string of the molecule is C[NH+]1CCN(C(=O)COc2ccc(C34CC5CC(CC(C5)C3)C4)cc2)CC1.O=C([O-])[C@H](O)[C@@H](O)C(=O)O. The van der Waals surface area contributed by atoms with E-state index < -0.39 is 24.1 Å². The van der Waals surface area contributed by atoms with Crippen molar-refractivity contribution in [3.63, 3.8) is 0 Å². The minimum Gasteiger partial charge on any atom is -0.547 e. The number of ether oxygens (including phenoxy) is 1. The molecule has 10 heteroatoms. The van der Waals surface area contributed by atoms with Crippen molar-refractivity contribution in [2.24, 2.45) is 17.8 Å². The molecule has 5 aliphatic rings. The Kier molecular flexibility index (Phi) is 8.40. The van der Waals surface area contributed by atoms with Gasteiger partial charge in [0.25, 0.3) is 5.91 Å². The summed E-state index contributed by atoms with van der Waals surface area (Å²) >= 11 is 0. The third kappa shape index (κ3) is 6.42. The molecule has 4 N–H and O–H groups in total. The van der Waals surface area contributed by atoms with Gasteiger partial charge in [-0.3, -0.25) is 4.79 Å². The molecule has 0 radical (unpaired) electrons. The van der Waals surface area contributed by atoms with Gasteiger partial charge < -0.3 is 39.8 Å². The van der Waals surface area contributed by atoms with Gasteiger partial charge in [-0.05, 0) is 79.4 Å². The summed E-state index contributed by atoms with van der Waals surface area (Å²) in [4.78, 5) is 35.2. The zero-order chi connectivity index (χ0) is 26.7. The predicted octanol–water partition coefficient (Wildman–Crippen LogP) is -1.57. The van der Waals surface area contributed by atoms with Crippen LogP contribution in [0.15, 0.2) is 24.3 Å². The summed E-state index contributed by atoms with van der Waals surface area (Å²) in [6.07, 6.45) is 3.92. The first-order valence-electron chi connectivity index (χ1n) is 13.2. The van der Waals surface area contributed by atoms with E-state index in [1.54, 1.807) is 0 Å². The van der Waals surface area contributed by atoms with Crippen LogP contribution in [0.25, 0.3) is 0 Å². The van der Waals surface area contributed by atoms with Crippen LogP contribution in [0.4, 0.5) is 0 Å². The fourth-order valence-corrected chi connectivity index (χ4v) is 7.01. The van der Waals surface area contributed by atoms with Gasteiger partial charge in [-0.1, -0.05) is 12.1 Å². The van der Waals surface area contributed by atoms with Crippen molar-refractivity contribution in [2.75, 3.05) is 39.8 Å². The van der Waals surface area contributed by atoms with E-state index in [4.69, 9.17) is 20.1 Å². The lowest BCUT2D eigenvalue weighted by molar-refractivity contribution is -0.883. The van der Waals surface area contributed by atoms with E-state index in [1.165, 1.54) is 49.0 Å². The van der Waals surface area contributed by atoms with Crippen LogP contribution in [-0.2, 0) is 19.8 Å². The van der Waals surface area contributed by atoms with Crippen molar-refractivity contribution in [3.8, 4) is 5.75 Å². The van der Waals surface area contributed by atoms with E-state index in [2.05, 4.69) is 31.3 Å². The number of piperazine rings is 1. The van der Waals surface area contributed by atoms with Crippen LogP contribution in [0.1, 0.15) is 44.1 Å². The molecule has 4 bridgehead atoms. The van der Waals surface area contributed by atoms with Crippen LogP contribution in [0, 0.1) is 17.8 Å². The van der Waals surface area contributed by atoms with Gasteiger partial charge in [-0.2, -0.15) is 0 Å². The third-order valence-electron chi connectivity index (χ3n) is 8.63. The quantitative estimate of drug-likeness (QED) is 0.338. The molecule has 2 atom stereocenters. The molecule has 204 valence electrons. The fourth-order valence-electron chi connectivity index (χ4n) is 7.01. The lowest BCUT2D eigenvalue weighted by Crippen LogP contribution is -3.12. The Morgan fingerprint density at radius 3 is 1.95 bits per heavy atom. The van der Waals surface area contributed by atoms with Crippen LogP contribution in [0.3, 0.4) is 0 Å². The van der Waals surface area contributed by atoms with E-state index in [0.29, 0.717) is 5.41 Å². The van der Waals surface area contributed by atoms with Gasteiger partial charge in [-0.15, -0.1) is 0 Å². The summed E-state index contributed by atoms with van der Waals surface area (Å²) in [5.41, 5.74) is 1.95. The van der Waals surface area contributed by atoms with Crippen LogP contribution >= 0.6 is 0 Å². The van der Waals surface area contributed by atoms with E-state index in [1.807, 2.05) is 4.90 Å². The van der Waals surface area contributed by atoms with Crippen molar-refractivity contribution in [2.45, 2.75) is 56.1 Å². The fraction of sp³-hybridized carbons (Fsp3) is 0.667. The second kappa shape index (κ2) is 11.4. The lowest BCUT2D eigenvalue weighted by Gasteiger charge is -2.57. The third-order valence-corrected chi connectivity index (χ3v) is 8.63. The molecule has 4 saturated carbocycles. The summed E-state index contributed by atoms with van der Waals surface area (Å²) in [6.45, 7) is 3.92. The van der Waals surface area contributed by atoms with Crippen molar-refractivity contribution >= 4 is 17.8 Å². The molecule has 1 aliphatic heterocycles. The maximum absolute atomic E-state index is 12.4. The highest BCUT2D eigenvalue weighted by molar-refractivity contribution is 5.82. The second-order valence-corrected chi connectivity index (χ2v) is 11.4. The number of aliphatic hydroxyl groups is 2. The molecule has 37 heavy (non-hydrogen) atoms. The van der Waals surface area contributed by atoms with E-state index in [0.717, 1.165) is 49.7 Å². The molecule has 10 nitrogen and oxygen atoms in total. The number of nitrogens with one attached hydrogen (secondary N) is 1. The number of carbonyl (C=O) groups excluding carboxylic acids is 2. The predicted molar refractivity (Wildman–Crippen MR) is 130 cm³/mol. The van der Waals surface area contributed by atoms with Crippen molar-refractivity contribution in [1.82, 2.24) is 4.90 Å². The maximum Gasteiger partial charge on any atom is 0.335 e. The molecule has 0 spiro atoms. The number of quaternary nitrogens is 1. The molecule has 0 aromatic heterocycles. The normalized spacial score (nSPS) is 30.1. The zero-order valence-electron chi connectivity index (χ0n) is 21.3. The van der Waals surface area contributed by atoms with Crippen molar-refractivity contribution in [1.29, 1.82) is 0 Å². The average molecular weight is 519 g/mol. The maximum atomic E-state index is 12.4. The Balaban J connectivity index is 0.000000275. The summed E-state index contributed by atoms with van der Waals surface area (Å²) in [7, 11) is 2.18. The molecule has 1 aromatic carbocycles. The Morgan fingerprint density at radius 1 is 1.00 bits per heavy atom. The lowest BCUT2D eigenvalue weighted by atomic mass is 9.48. The first-order chi connectivity index (χ1) is 17.6.